The fourth-order valence-corrected chi connectivity index (χ4v) is 1.88. The summed E-state index contributed by atoms with van der Waals surface area (Å²) in [5.41, 5.74) is 0.201. The van der Waals surface area contributed by atoms with Gasteiger partial charge in [0.1, 0.15) is 12.4 Å². The first kappa shape index (κ1) is 17.6. The second kappa shape index (κ2) is 7.54. The Labute approximate surface area is 132 Å². The normalized spacial score (nSPS) is 11.1. The summed E-state index contributed by atoms with van der Waals surface area (Å²) in [6.07, 6.45) is 0.0979. The average Bonchev–Trinajstić information content (AvgIpc) is 2.36. The highest BCUT2D eigenvalue weighted by Crippen LogP contribution is 2.19. The van der Waals surface area contributed by atoms with Crippen molar-refractivity contribution in [2.45, 2.75) is 33.8 Å². The smallest absolute Gasteiger partial charge is 0.307 e. The number of carbonyl (C=O) groups excluding carboxylic acids is 2. The molecule has 6 heteroatoms. The van der Waals surface area contributed by atoms with Crippen LogP contribution in [0.3, 0.4) is 0 Å². The van der Waals surface area contributed by atoms with Gasteiger partial charge in [0.05, 0.1) is 6.42 Å². The van der Waals surface area contributed by atoms with Gasteiger partial charge in [-0.15, -0.1) is 0 Å². The number of halogens is 2. The molecule has 0 heterocycles. The maximum atomic E-state index is 12.9. The highest BCUT2D eigenvalue weighted by molar-refractivity contribution is 9.10. The van der Waals surface area contributed by atoms with Gasteiger partial charge in [0.25, 0.3) is 0 Å². The molecule has 1 aromatic rings. The molecule has 0 aromatic heterocycles. The van der Waals surface area contributed by atoms with Crippen molar-refractivity contribution in [3.05, 3.63) is 34.1 Å². The van der Waals surface area contributed by atoms with Gasteiger partial charge in [-0.1, -0.05) is 42.8 Å². The molecule has 1 rings (SSSR count). The van der Waals surface area contributed by atoms with Crippen LogP contribution in [0, 0.1) is 11.2 Å². The Kier molecular flexibility index (Phi) is 6.33. The number of rotatable bonds is 5. The van der Waals surface area contributed by atoms with Gasteiger partial charge in [0.15, 0.2) is 0 Å². The molecule has 0 radical (unpaired) electrons. The Morgan fingerprint density at radius 2 is 2.00 bits per heavy atom. The van der Waals surface area contributed by atoms with E-state index in [2.05, 4.69) is 21.2 Å². The van der Waals surface area contributed by atoms with Gasteiger partial charge in [-0.3, -0.25) is 9.59 Å². The number of hydrogen-bond acceptors (Lipinski definition) is 3. The van der Waals surface area contributed by atoms with Crippen LogP contribution in [0.4, 0.5) is 4.39 Å². The molecular formula is C15H19BrFNO3. The molecule has 1 amide bonds. The molecule has 116 valence electrons. The third kappa shape index (κ3) is 6.25. The Bertz CT molecular complexity index is 526. The number of ether oxygens (including phenoxy) is 1. The predicted molar refractivity (Wildman–Crippen MR) is 81.0 cm³/mol. The molecule has 0 spiro atoms. The second-order valence-corrected chi connectivity index (χ2v) is 6.51. The third-order valence-corrected chi connectivity index (χ3v) is 3.44. The first-order valence-electron chi connectivity index (χ1n) is 6.58. The second-order valence-electron chi connectivity index (χ2n) is 5.65. The summed E-state index contributed by atoms with van der Waals surface area (Å²) in [6.45, 7) is 5.69. The summed E-state index contributed by atoms with van der Waals surface area (Å²) < 4.78 is 18.5. The van der Waals surface area contributed by atoms with Crippen molar-refractivity contribution in [2.75, 3.05) is 6.54 Å². The summed E-state index contributed by atoms with van der Waals surface area (Å²) in [7, 11) is 0. The van der Waals surface area contributed by atoms with Gasteiger partial charge < -0.3 is 10.1 Å². The van der Waals surface area contributed by atoms with Gasteiger partial charge >= 0.3 is 5.97 Å². The van der Waals surface area contributed by atoms with E-state index in [1.165, 1.54) is 12.1 Å². The largest absolute Gasteiger partial charge is 0.461 e. The van der Waals surface area contributed by atoms with Crippen LogP contribution in [0.5, 0.6) is 0 Å². The van der Waals surface area contributed by atoms with Crippen molar-refractivity contribution in [2.24, 2.45) is 5.41 Å². The molecule has 21 heavy (non-hydrogen) atoms. The standard InChI is InChI=1S/C15H19BrFNO3/c1-15(2,3)14(20)18-7-6-13(19)21-9-10-4-5-11(17)8-12(10)16/h4-5,8H,6-7,9H2,1-3H3,(H,18,20). The van der Waals surface area contributed by atoms with Crippen LogP contribution < -0.4 is 5.32 Å². The number of benzene rings is 1. The van der Waals surface area contributed by atoms with Crippen molar-refractivity contribution >= 4 is 27.8 Å². The molecule has 0 atom stereocenters. The van der Waals surface area contributed by atoms with E-state index in [9.17, 15) is 14.0 Å². The van der Waals surface area contributed by atoms with E-state index in [1.807, 2.05) is 0 Å². The molecule has 0 bridgehead atoms. The first-order chi connectivity index (χ1) is 9.70. The molecule has 0 aliphatic rings. The van der Waals surface area contributed by atoms with E-state index in [0.717, 1.165) is 0 Å². The van der Waals surface area contributed by atoms with Gasteiger partial charge in [-0.2, -0.15) is 0 Å². The number of carbonyl (C=O) groups is 2. The minimum atomic E-state index is -0.483. The minimum Gasteiger partial charge on any atom is -0.461 e. The summed E-state index contributed by atoms with van der Waals surface area (Å²) in [5, 5.41) is 2.67. The molecule has 0 saturated carbocycles. The number of esters is 1. The zero-order chi connectivity index (χ0) is 16.0. The molecule has 1 aromatic carbocycles. The lowest BCUT2D eigenvalue weighted by Crippen LogP contribution is -2.36. The lowest BCUT2D eigenvalue weighted by atomic mass is 9.96. The SMILES string of the molecule is CC(C)(C)C(=O)NCCC(=O)OCc1ccc(F)cc1Br. The van der Waals surface area contributed by atoms with Crippen molar-refractivity contribution in [3.63, 3.8) is 0 Å². The summed E-state index contributed by atoms with van der Waals surface area (Å²) >= 11 is 3.20. The van der Waals surface area contributed by atoms with Crippen LogP contribution in [0.2, 0.25) is 0 Å². The zero-order valence-electron chi connectivity index (χ0n) is 12.3. The van der Waals surface area contributed by atoms with Crippen molar-refractivity contribution in [1.29, 1.82) is 0 Å². The topological polar surface area (TPSA) is 55.4 Å². The zero-order valence-corrected chi connectivity index (χ0v) is 13.9. The quantitative estimate of drug-likeness (QED) is 0.821. The number of nitrogens with one attached hydrogen (secondary N) is 1. The van der Waals surface area contributed by atoms with E-state index >= 15 is 0 Å². The summed E-state index contributed by atoms with van der Waals surface area (Å²) in [5.74, 6) is -0.890. The lowest BCUT2D eigenvalue weighted by molar-refractivity contribution is -0.144. The molecule has 0 aliphatic heterocycles. The molecule has 0 aliphatic carbocycles. The Balaban J connectivity index is 2.33. The summed E-state index contributed by atoms with van der Waals surface area (Å²) in [6, 6.07) is 4.16. The monoisotopic (exact) mass is 359 g/mol. The lowest BCUT2D eigenvalue weighted by Gasteiger charge is -2.17. The van der Waals surface area contributed by atoms with Crippen LogP contribution in [0.15, 0.2) is 22.7 Å². The average molecular weight is 360 g/mol. The predicted octanol–water partition coefficient (Wildman–Crippen LogP) is 3.18. The maximum Gasteiger partial charge on any atom is 0.307 e. The highest BCUT2D eigenvalue weighted by atomic mass is 79.9. The van der Waals surface area contributed by atoms with E-state index in [-0.39, 0.29) is 31.3 Å². The molecule has 0 saturated heterocycles. The van der Waals surface area contributed by atoms with Crippen molar-refractivity contribution < 1.29 is 18.7 Å². The van der Waals surface area contributed by atoms with Crippen LogP contribution in [0.25, 0.3) is 0 Å². The third-order valence-electron chi connectivity index (χ3n) is 2.70. The van der Waals surface area contributed by atoms with Crippen LogP contribution in [-0.2, 0) is 20.9 Å². The number of hydrogen-bond donors (Lipinski definition) is 1. The van der Waals surface area contributed by atoms with E-state index in [0.29, 0.717) is 10.0 Å². The van der Waals surface area contributed by atoms with E-state index < -0.39 is 11.4 Å². The fraction of sp³-hybridized carbons (Fsp3) is 0.467. The van der Waals surface area contributed by atoms with Gasteiger partial charge in [0.2, 0.25) is 5.91 Å². The fourth-order valence-electron chi connectivity index (χ4n) is 1.41. The number of amides is 1. The van der Waals surface area contributed by atoms with E-state index in [4.69, 9.17) is 4.74 Å². The van der Waals surface area contributed by atoms with Gasteiger partial charge in [-0.25, -0.2) is 4.39 Å². The van der Waals surface area contributed by atoms with Crippen LogP contribution in [-0.4, -0.2) is 18.4 Å². The van der Waals surface area contributed by atoms with Crippen molar-refractivity contribution in [3.8, 4) is 0 Å². The maximum absolute atomic E-state index is 12.9. The van der Waals surface area contributed by atoms with Gasteiger partial charge in [0, 0.05) is 22.0 Å². The Hall–Kier alpha value is -1.43. The summed E-state index contributed by atoms with van der Waals surface area (Å²) in [4.78, 5) is 23.2. The first-order valence-corrected chi connectivity index (χ1v) is 7.37. The Morgan fingerprint density at radius 3 is 2.57 bits per heavy atom. The Morgan fingerprint density at radius 1 is 1.33 bits per heavy atom. The van der Waals surface area contributed by atoms with E-state index in [1.54, 1.807) is 26.8 Å². The highest BCUT2D eigenvalue weighted by Gasteiger charge is 2.20. The van der Waals surface area contributed by atoms with Gasteiger partial charge in [-0.05, 0) is 12.1 Å². The molecule has 0 fully saturated rings. The van der Waals surface area contributed by atoms with Crippen LogP contribution in [0.1, 0.15) is 32.8 Å². The minimum absolute atomic E-state index is 0.0624. The molecular weight excluding hydrogens is 341 g/mol. The van der Waals surface area contributed by atoms with Crippen molar-refractivity contribution in [1.82, 2.24) is 5.32 Å². The molecule has 1 N–H and O–H groups in total. The molecule has 0 unspecified atom stereocenters. The molecule has 4 nitrogen and oxygen atoms in total. The van der Waals surface area contributed by atoms with Crippen LogP contribution >= 0.6 is 15.9 Å².